The Bertz CT molecular complexity index is 706. The normalized spacial score (nSPS) is 17.0. The minimum absolute atomic E-state index is 0.0371. The second-order valence-electron chi connectivity index (χ2n) is 6.45. The Hall–Kier alpha value is -2.42. The highest BCUT2D eigenvalue weighted by Gasteiger charge is 2.29. The Kier molecular flexibility index (Phi) is 5.09. The molecule has 2 aromatic carbocycles. The smallest absolute Gasteiger partial charge is 0.223 e. The van der Waals surface area contributed by atoms with Gasteiger partial charge in [0.25, 0.3) is 0 Å². The van der Waals surface area contributed by atoms with Crippen molar-refractivity contribution < 1.29 is 9.59 Å². The van der Waals surface area contributed by atoms with Gasteiger partial charge in [-0.15, -0.1) is 0 Å². The molecule has 1 atom stereocenters. The number of hydrogen-bond donors (Lipinski definition) is 0. The van der Waals surface area contributed by atoms with Crippen LogP contribution in [-0.4, -0.2) is 23.1 Å². The molecule has 3 heteroatoms. The fourth-order valence-electron chi connectivity index (χ4n) is 3.33. The highest BCUT2D eigenvalue weighted by atomic mass is 16.2. The number of carbonyl (C=O) groups excluding carboxylic acids is 2. The maximum atomic E-state index is 12.6. The van der Waals surface area contributed by atoms with Crippen molar-refractivity contribution in [2.75, 3.05) is 6.54 Å². The van der Waals surface area contributed by atoms with Crippen LogP contribution in [0.5, 0.6) is 0 Å². The molecule has 0 N–H and O–H groups in total. The summed E-state index contributed by atoms with van der Waals surface area (Å²) in [4.78, 5) is 26.7. The molecule has 2 aromatic rings. The van der Waals surface area contributed by atoms with Gasteiger partial charge in [-0.25, -0.2) is 0 Å². The average molecular weight is 321 g/mol. The van der Waals surface area contributed by atoms with E-state index in [0.29, 0.717) is 5.56 Å². The molecule has 1 fully saturated rings. The summed E-state index contributed by atoms with van der Waals surface area (Å²) in [6.45, 7) is 2.85. The highest BCUT2D eigenvalue weighted by molar-refractivity contribution is 5.97. The number of ketones is 1. The summed E-state index contributed by atoms with van der Waals surface area (Å²) in [6.07, 6.45) is 2.59. The maximum Gasteiger partial charge on any atom is 0.223 e. The minimum atomic E-state index is 0.0371. The fourth-order valence-corrected chi connectivity index (χ4v) is 3.33. The largest absolute Gasteiger partial charge is 0.336 e. The molecule has 1 saturated heterocycles. The lowest BCUT2D eigenvalue weighted by molar-refractivity contribution is -0.132. The molecule has 0 bridgehead atoms. The molecule has 0 spiro atoms. The van der Waals surface area contributed by atoms with Gasteiger partial charge in [0, 0.05) is 24.9 Å². The van der Waals surface area contributed by atoms with Gasteiger partial charge < -0.3 is 4.90 Å². The first-order chi connectivity index (χ1) is 11.6. The van der Waals surface area contributed by atoms with Crippen molar-refractivity contribution in [2.24, 2.45) is 0 Å². The lowest BCUT2D eigenvalue weighted by atomic mass is 10.0. The van der Waals surface area contributed by atoms with Crippen LogP contribution >= 0.6 is 0 Å². The van der Waals surface area contributed by atoms with Gasteiger partial charge in [0.05, 0.1) is 6.04 Å². The van der Waals surface area contributed by atoms with Crippen molar-refractivity contribution in [3.05, 3.63) is 71.3 Å². The van der Waals surface area contributed by atoms with E-state index in [2.05, 4.69) is 31.2 Å². The maximum absolute atomic E-state index is 12.6. The molecule has 0 aromatic heterocycles. The van der Waals surface area contributed by atoms with Crippen molar-refractivity contribution in [2.45, 2.75) is 38.6 Å². The second kappa shape index (κ2) is 7.43. The SMILES string of the molecule is Cc1ccc(C2CCCN2C(=O)CCC(=O)c2ccccc2)cc1. The van der Waals surface area contributed by atoms with Gasteiger partial charge in [-0.2, -0.15) is 0 Å². The summed E-state index contributed by atoms with van der Waals surface area (Å²) in [7, 11) is 0. The molecular formula is C21H23NO2. The Morgan fingerprint density at radius 1 is 1.00 bits per heavy atom. The molecule has 1 heterocycles. The van der Waals surface area contributed by atoms with Gasteiger partial charge in [0.1, 0.15) is 0 Å². The number of nitrogens with zero attached hydrogens (tertiary/aromatic N) is 1. The van der Waals surface area contributed by atoms with Crippen LogP contribution in [0.1, 0.15) is 53.2 Å². The Morgan fingerprint density at radius 3 is 2.42 bits per heavy atom. The summed E-state index contributed by atoms with van der Waals surface area (Å²) in [5.74, 6) is 0.123. The van der Waals surface area contributed by atoms with Crippen LogP contribution in [0, 0.1) is 6.92 Å². The quantitative estimate of drug-likeness (QED) is 0.769. The Morgan fingerprint density at radius 2 is 1.71 bits per heavy atom. The van der Waals surface area contributed by atoms with Crippen LogP contribution in [0.2, 0.25) is 0 Å². The van der Waals surface area contributed by atoms with E-state index in [9.17, 15) is 9.59 Å². The minimum Gasteiger partial charge on any atom is -0.336 e. The first-order valence-corrected chi connectivity index (χ1v) is 8.59. The molecule has 1 unspecified atom stereocenters. The van der Waals surface area contributed by atoms with E-state index < -0.39 is 0 Å². The molecule has 3 rings (SSSR count). The van der Waals surface area contributed by atoms with Crippen molar-refractivity contribution in [1.29, 1.82) is 0 Å². The summed E-state index contributed by atoms with van der Waals surface area (Å²) in [5.41, 5.74) is 3.10. The van der Waals surface area contributed by atoms with Crippen LogP contribution in [0.4, 0.5) is 0 Å². The molecule has 3 nitrogen and oxygen atoms in total. The van der Waals surface area contributed by atoms with Crippen LogP contribution in [0.15, 0.2) is 54.6 Å². The first kappa shape index (κ1) is 16.4. The van der Waals surface area contributed by atoms with Crippen molar-refractivity contribution in [3.63, 3.8) is 0 Å². The Balaban J connectivity index is 1.61. The van der Waals surface area contributed by atoms with Crippen LogP contribution in [0.3, 0.4) is 0 Å². The molecule has 0 radical (unpaired) electrons. The fraction of sp³-hybridized carbons (Fsp3) is 0.333. The molecule has 0 saturated carbocycles. The van der Waals surface area contributed by atoms with Gasteiger partial charge in [0.2, 0.25) is 5.91 Å². The predicted molar refractivity (Wildman–Crippen MR) is 94.9 cm³/mol. The molecule has 1 aliphatic rings. The van der Waals surface area contributed by atoms with E-state index in [0.717, 1.165) is 19.4 Å². The predicted octanol–water partition coefficient (Wildman–Crippen LogP) is 4.32. The number of rotatable bonds is 5. The lowest BCUT2D eigenvalue weighted by Crippen LogP contribution is -2.30. The van der Waals surface area contributed by atoms with Gasteiger partial charge >= 0.3 is 0 Å². The van der Waals surface area contributed by atoms with Crippen LogP contribution < -0.4 is 0 Å². The zero-order valence-corrected chi connectivity index (χ0v) is 14.1. The van der Waals surface area contributed by atoms with Crippen LogP contribution in [-0.2, 0) is 4.79 Å². The molecule has 24 heavy (non-hydrogen) atoms. The number of amides is 1. The van der Waals surface area contributed by atoms with E-state index in [1.165, 1.54) is 11.1 Å². The van der Waals surface area contributed by atoms with Crippen LogP contribution in [0.25, 0.3) is 0 Å². The van der Waals surface area contributed by atoms with E-state index in [4.69, 9.17) is 0 Å². The van der Waals surface area contributed by atoms with E-state index >= 15 is 0 Å². The van der Waals surface area contributed by atoms with Crippen molar-refractivity contribution in [3.8, 4) is 0 Å². The van der Waals surface area contributed by atoms with Gasteiger partial charge in [-0.05, 0) is 25.3 Å². The second-order valence-corrected chi connectivity index (χ2v) is 6.45. The standard InChI is InChI=1S/C21H23NO2/c1-16-9-11-17(12-10-16)19-8-5-15-22(19)21(24)14-13-20(23)18-6-3-2-4-7-18/h2-4,6-7,9-12,19H,5,8,13-15H2,1H3. The monoisotopic (exact) mass is 321 g/mol. The third kappa shape index (κ3) is 3.73. The zero-order chi connectivity index (χ0) is 16.9. The number of benzene rings is 2. The summed E-state index contributed by atoms with van der Waals surface area (Å²) in [6, 6.07) is 17.8. The topological polar surface area (TPSA) is 37.4 Å². The molecule has 0 aliphatic carbocycles. The number of aryl methyl sites for hydroxylation is 1. The van der Waals surface area contributed by atoms with Gasteiger partial charge in [0.15, 0.2) is 5.78 Å². The van der Waals surface area contributed by atoms with Gasteiger partial charge in [-0.3, -0.25) is 9.59 Å². The third-order valence-corrected chi connectivity index (χ3v) is 4.70. The first-order valence-electron chi connectivity index (χ1n) is 8.59. The number of hydrogen-bond acceptors (Lipinski definition) is 2. The van der Waals surface area contributed by atoms with E-state index in [-0.39, 0.29) is 30.6 Å². The van der Waals surface area contributed by atoms with Gasteiger partial charge in [-0.1, -0.05) is 60.2 Å². The van der Waals surface area contributed by atoms with Crippen molar-refractivity contribution >= 4 is 11.7 Å². The van der Waals surface area contributed by atoms with Crippen molar-refractivity contribution in [1.82, 2.24) is 4.90 Å². The zero-order valence-electron chi connectivity index (χ0n) is 14.1. The number of likely N-dealkylation sites (tertiary alicyclic amines) is 1. The number of Topliss-reactive ketones (excluding diaryl/α,β-unsaturated/α-hetero) is 1. The average Bonchev–Trinajstić information content (AvgIpc) is 3.10. The summed E-state index contributed by atoms with van der Waals surface area (Å²) in [5, 5.41) is 0. The molecule has 1 aliphatic heterocycles. The molecule has 1 amide bonds. The van der Waals surface area contributed by atoms with E-state index in [1.54, 1.807) is 12.1 Å². The van der Waals surface area contributed by atoms with E-state index in [1.807, 2.05) is 23.1 Å². The number of carbonyl (C=O) groups is 2. The summed E-state index contributed by atoms with van der Waals surface area (Å²) >= 11 is 0. The Labute approximate surface area is 143 Å². The molecular weight excluding hydrogens is 298 g/mol. The highest BCUT2D eigenvalue weighted by Crippen LogP contribution is 2.32. The third-order valence-electron chi connectivity index (χ3n) is 4.70. The lowest BCUT2D eigenvalue weighted by Gasteiger charge is -2.25. The molecule has 124 valence electrons. The summed E-state index contributed by atoms with van der Waals surface area (Å²) < 4.78 is 0.